The molecule has 0 aliphatic heterocycles. The van der Waals surface area contributed by atoms with E-state index in [1.807, 2.05) is 30.3 Å². The number of benzene rings is 2. The fourth-order valence-corrected chi connectivity index (χ4v) is 9.89. The highest BCUT2D eigenvalue weighted by molar-refractivity contribution is 5.92. The molecule has 58 heavy (non-hydrogen) atoms. The number of ether oxygens (including phenoxy) is 4. The summed E-state index contributed by atoms with van der Waals surface area (Å²) in [5.41, 5.74) is 2.07. The van der Waals surface area contributed by atoms with E-state index in [9.17, 15) is 19.2 Å². The number of rotatable bonds is 13. The van der Waals surface area contributed by atoms with Gasteiger partial charge in [0.05, 0.1) is 35.6 Å². The zero-order valence-corrected chi connectivity index (χ0v) is 34.5. The predicted molar refractivity (Wildman–Crippen MR) is 221 cm³/mol. The van der Waals surface area contributed by atoms with Gasteiger partial charge in [-0.3, -0.25) is 19.2 Å². The quantitative estimate of drug-likeness (QED) is 0.122. The van der Waals surface area contributed by atoms with Gasteiger partial charge in [0.1, 0.15) is 23.2 Å². The lowest BCUT2D eigenvalue weighted by Crippen LogP contribution is -2.32. The van der Waals surface area contributed by atoms with Gasteiger partial charge in [-0.05, 0) is 127 Å². The minimum absolute atomic E-state index is 0.0102. The Labute approximate surface area is 343 Å². The fraction of sp³-hybridized carbons (Fsp3) is 0.625. The molecule has 0 atom stereocenters. The van der Waals surface area contributed by atoms with Crippen molar-refractivity contribution >= 4 is 34.9 Å². The highest BCUT2D eigenvalue weighted by Crippen LogP contribution is 2.38. The van der Waals surface area contributed by atoms with E-state index in [0.717, 1.165) is 68.8 Å². The summed E-state index contributed by atoms with van der Waals surface area (Å²) in [6, 6.07) is 12.8. The Morgan fingerprint density at radius 2 is 0.931 bits per heavy atom. The molecule has 4 aliphatic carbocycles. The minimum Gasteiger partial charge on any atom is -0.462 e. The van der Waals surface area contributed by atoms with Gasteiger partial charge < -0.3 is 18.9 Å². The van der Waals surface area contributed by atoms with E-state index in [2.05, 4.69) is 18.8 Å². The average Bonchev–Trinajstić information content (AvgIpc) is 3.26. The summed E-state index contributed by atoms with van der Waals surface area (Å²) >= 11 is 0. The number of fused-ring (bicyclic) bond motifs is 1. The highest BCUT2D eigenvalue weighted by Gasteiger charge is 2.36. The summed E-state index contributed by atoms with van der Waals surface area (Å²) < 4.78 is 23.9. The van der Waals surface area contributed by atoms with Gasteiger partial charge in [0.25, 0.3) is 0 Å². The van der Waals surface area contributed by atoms with Gasteiger partial charge in [-0.25, -0.2) is 9.97 Å². The van der Waals surface area contributed by atoms with Crippen LogP contribution < -0.4 is 9.47 Å². The van der Waals surface area contributed by atoms with Crippen molar-refractivity contribution in [1.29, 1.82) is 0 Å². The molecule has 4 saturated carbocycles. The molecule has 4 aliphatic rings. The molecule has 2 aromatic carbocycles. The summed E-state index contributed by atoms with van der Waals surface area (Å²) in [4.78, 5) is 62.9. The molecule has 312 valence electrons. The number of nitrogens with zero attached hydrogens (tertiary/aromatic N) is 2. The van der Waals surface area contributed by atoms with Gasteiger partial charge in [0.15, 0.2) is 11.5 Å². The van der Waals surface area contributed by atoms with E-state index in [1.165, 1.54) is 25.7 Å². The first-order valence-corrected chi connectivity index (χ1v) is 22.5. The van der Waals surface area contributed by atoms with Crippen LogP contribution in [-0.2, 0) is 28.7 Å². The van der Waals surface area contributed by atoms with E-state index >= 15 is 0 Å². The summed E-state index contributed by atoms with van der Waals surface area (Å²) in [5, 5.41) is 0. The van der Waals surface area contributed by atoms with Crippen LogP contribution in [0.15, 0.2) is 48.7 Å². The molecule has 0 unspecified atom stereocenters. The molecular weight excluding hydrogens is 733 g/mol. The van der Waals surface area contributed by atoms with Gasteiger partial charge >= 0.3 is 23.9 Å². The van der Waals surface area contributed by atoms with E-state index in [4.69, 9.17) is 23.9 Å². The Morgan fingerprint density at radius 1 is 0.517 bits per heavy atom. The minimum atomic E-state index is -0.376. The second kappa shape index (κ2) is 20.1. The summed E-state index contributed by atoms with van der Waals surface area (Å²) in [5.74, 6) is -0.138. The van der Waals surface area contributed by atoms with Crippen molar-refractivity contribution in [3.8, 4) is 22.8 Å². The van der Waals surface area contributed by atoms with E-state index in [1.54, 1.807) is 18.3 Å². The number of hydrogen-bond donors (Lipinski definition) is 0. The van der Waals surface area contributed by atoms with Gasteiger partial charge in [-0.15, -0.1) is 0 Å². The number of esters is 4. The summed E-state index contributed by atoms with van der Waals surface area (Å²) in [6.07, 6.45) is 19.3. The van der Waals surface area contributed by atoms with Crippen molar-refractivity contribution in [3.05, 3.63) is 48.7 Å². The van der Waals surface area contributed by atoms with Crippen molar-refractivity contribution in [2.24, 2.45) is 35.5 Å². The van der Waals surface area contributed by atoms with Gasteiger partial charge in [-0.1, -0.05) is 69.9 Å². The lowest BCUT2D eigenvalue weighted by atomic mass is 9.81. The van der Waals surface area contributed by atoms with Crippen LogP contribution in [0.2, 0.25) is 0 Å². The Bertz CT molecular complexity index is 1850. The zero-order valence-electron chi connectivity index (χ0n) is 34.5. The maximum absolute atomic E-state index is 13.6. The molecule has 7 rings (SSSR count). The molecule has 0 bridgehead atoms. The van der Waals surface area contributed by atoms with Gasteiger partial charge in [-0.2, -0.15) is 0 Å². The fourth-order valence-electron chi connectivity index (χ4n) is 9.89. The summed E-state index contributed by atoms with van der Waals surface area (Å²) in [7, 11) is 0. The van der Waals surface area contributed by atoms with E-state index < -0.39 is 0 Å². The third-order valence-corrected chi connectivity index (χ3v) is 13.5. The van der Waals surface area contributed by atoms with Crippen LogP contribution in [0.1, 0.15) is 142 Å². The maximum Gasteiger partial charge on any atom is 0.314 e. The van der Waals surface area contributed by atoms with E-state index in [-0.39, 0.29) is 71.3 Å². The van der Waals surface area contributed by atoms with Gasteiger partial charge in [0.2, 0.25) is 0 Å². The normalized spacial score (nSPS) is 27.6. The molecular formula is C48H62N2O8. The highest BCUT2D eigenvalue weighted by atomic mass is 16.6. The number of carbonyl (C=O) groups is 4. The Kier molecular flexibility index (Phi) is 14.5. The van der Waals surface area contributed by atoms with Crippen molar-refractivity contribution in [2.75, 3.05) is 0 Å². The number of aromatic nitrogens is 2. The molecule has 10 heteroatoms. The largest absolute Gasteiger partial charge is 0.462 e. The molecule has 3 aromatic rings. The topological polar surface area (TPSA) is 131 Å². The second-order valence-electron chi connectivity index (χ2n) is 17.6. The first-order valence-electron chi connectivity index (χ1n) is 22.5. The molecule has 0 spiro atoms. The molecule has 0 saturated heterocycles. The number of hydrogen-bond acceptors (Lipinski definition) is 10. The standard InChI is InChI=1S/C48H62N2O8/c1-3-8-31-12-24-38(25-13-31)55-45(51)34-16-20-36(21-17-34)47(53)57-41-28-29-42(44-43(41)49-30-40(50-44)33-10-6-5-7-11-33)58-48(54)37-22-18-35(19-23-37)46(52)56-39-26-14-32(9-4-2)15-27-39/h5-7,10-11,28-32,34-39H,3-4,8-9,12-27H2,1-2H3/t31-,32-,34-,35-,36-,37-,38-,39-. The maximum atomic E-state index is 13.6. The van der Waals surface area contributed by atoms with E-state index in [0.29, 0.717) is 68.1 Å². The Hall–Kier alpha value is -4.34. The van der Waals surface area contributed by atoms with Crippen LogP contribution in [-0.4, -0.2) is 46.1 Å². The zero-order chi connectivity index (χ0) is 40.4. The van der Waals surface area contributed by atoms with Crippen LogP contribution in [0, 0.1) is 35.5 Å². The summed E-state index contributed by atoms with van der Waals surface area (Å²) in [6.45, 7) is 4.44. The Morgan fingerprint density at radius 3 is 1.36 bits per heavy atom. The monoisotopic (exact) mass is 794 g/mol. The van der Waals surface area contributed by atoms with Crippen molar-refractivity contribution < 1.29 is 38.1 Å². The van der Waals surface area contributed by atoms with Crippen LogP contribution in [0.5, 0.6) is 11.5 Å². The van der Waals surface area contributed by atoms with Gasteiger partial charge in [0, 0.05) is 5.56 Å². The molecule has 1 heterocycles. The lowest BCUT2D eigenvalue weighted by molar-refractivity contribution is -0.159. The third-order valence-electron chi connectivity index (χ3n) is 13.5. The average molecular weight is 795 g/mol. The molecule has 0 N–H and O–H groups in total. The first kappa shape index (κ1) is 41.8. The first-order chi connectivity index (χ1) is 28.3. The molecule has 0 amide bonds. The molecule has 0 radical (unpaired) electrons. The number of carbonyl (C=O) groups excluding carboxylic acids is 4. The molecule has 10 nitrogen and oxygen atoms in total. The smallest absolute Gasteiger partial charge is 0.314 e. The third kappa shape index (κ3) is 10.6. The predicted octanol–water partition coefficient (Wildman–Crippen LogP) is 10.5. The second-order valence-corrected chi connectivity index (χ2v) is 17.6. The van der Waals surface area contributed by atoms with Crippen molar-refractivity contribution in [3.63, 3.8) is 0 Å². The van der Waals surface area contributed by atoms with Crippen LogP contribution in [0.3, 0.4) is 0 Å². The van der Waals surface area contributed by atoms with Crippen LogP contribution in [0.4, 0.5) is 0 Å². The Balaban J connectivity index is 0.955. The van der Waals surface area contributed by atoms with Crippen molar-refractivity contribution in [2.45, 2.75) is 154 Å². The molecule has 1 aromatic heterocycles. The van der Waals surface area contributed by atoms with Crippen LogP contribution in [0.25, 0.3) is 22.3 Å². The molecule has 4 fully saturated rings. The van der Waals surface area contributed by atoms with Crippen molar-refractivity contribution in [1.82, 2.24) is 9.97 Å². The van der Waals surface area contributed by atoms with Crippen LogP contribution >= 0.6 is 0 Å². The SMILES string of the molecule is CCC[C@H]1CC[C@H](OC(=O)[C@H]2CC[C@H](C(=O)Oc3ccc(OC(=O)[C@H]4CC[C@H](C(=O)O[C@H]5CC[C@H](CCC)CC5)CC4)c4nc(-c5ccccc5)cnc34)CC2)CC1. The lowest BCUT2D eigenvalue weighted by Gasteiger charge is -2.31.